The van der Waals surface area contributed by atoms with E-state index in [2.05, 4.69) is 42.4 Å². The van der Waals surface area contributed by atoms with Gasteiger partial charge >= 0.3 is 0 Å². The van der Waals surface area contributed by atoms with Crippen molar-refractivity contribution in [1.82, 2.24) is 4.57 Å². The van der Waals surface area contributed by atoms with Gasteiger partial charge in [-0.2, -0.15) is 0 Å². The monoisotopic (exact) mass is 265 g/mol. The first-order valence-electron chi connectivity index (χ1n) is 8.27. The van der Waals surface area contributed by atoms with Gasteiger partial charge in [0, 0.05) is 6.92 Å². The summed E-state index contributed by atoms with van der Waals surface area (Å²) in [6.45, 7) is 5.66. The second-order valence-electron chi connectivity index (χ2n) is 5.83. The van der Waals surface area contributed by atoms with Crippen molar-refractivity contribution in [2.24, 2.45) is 7.05 Å². The molecule has 110 valence electrons. The maximum Gasteiger partial charge on any atom is 0.253 e. The Morgan fingerprint density at radius 2 is 1.42 bits per heavy atom. The molecule has 0 aromatic carbocycles. The first kappa shape index (κ1) is 16.3. The van der Waals surface area contributed by atoms with Crippen molar-refractivity contribution >= 4 is 0 Å². The molecule has 0 aliphatic heterocycles. The highest BCUT2D eigenvalue weighted by Gasteiger charge is 2.07. The molecular formula is C17H33N2+. The fourth-order valence-corrected chi connectivity index (χ4v) is 2.60. The van der Waals surface area contributed by atoms with E-state index in [1.807, 2.05) is 0 Å². The molecule has 0 N–H and O–H groups in total. The predicted molar refractivity (Wildman–Crippen MR) is 82.2 cm³/mol. The van der Waals surface area contributed by atoms with Gasteiger partial charge in [-0.05, 0) is 12.8 Å². The van der Waals surface area contributed by atoms with Crippen molar-refractivity contribution in [1.29, 1.82) is 0 Å². The predicted octanol–water partition coefficient (Wildman–Crippen LogP) is 4.54. The second-order valence-corrected chi connectivity index (χ2v) is 5.83. The highest BCUT2D eigenvalue weighted by molar-refractivity contribution is 4.76. The topological polar surface area (TPSA) is 8.81 Å². The first-order valence-corrected chi connectivity index (χ1v) is 8.27. The number of imidazole rings is 1. The van der Waals surface area contributed by atoms with Crippen LogP contribution in [0.5, 0.6) is 0 Å². The Balaban J connectivity index is 1.90. The third-order valence-electron chi connectivity index (χ3n) is 4.15. The van der Waals surface area contributed by atoms with Gasteiger partial charge in [0.05, 0.1) is 13.6 Å². The summed E-state index contributed by atoms with van der Waals surface area (Å²) in [5, 5.41) is 0. The van der Waals surface area contributed by atoms with Crippen LogP contribution in [0.25, 0.3) is 0 Å². The Labute approximate surface area is 119 Å². The lowest BCUT2D eigenvalue weighted by molar-refractivity contribution is -0.702. The molecule has 1 aromatic rings. The van der Waals surface area contributed by atoms with Crippen molar-refractivity contribution in [3.63, 3.8) is 0 Å². The molecule has 0 aliphatic carbocycles. The molecule has 0 aliphatic rings. The number of hydrogen-bond donors (Lipinski definition) is 0. The summed E-state index contributed by atoms with van der Waals surface area (Å²) in [4.78, 5) is 0. The lowest BCUT2D eigenvalue weighted by Crippen LogP contribution is -2.35. The fraction of sp³-hybridized carbons (Fsp3) is 0.824. The largest absolute Gasteiger partial charge is 0.253 e. The zero-order chi connectivity index (χ0) is 13.9. The Hall–Kier alpha value is -0.790. The van der Waals surface area contributed by atoms with Crippen LogP contribution in [0.4, 0.5) is 0 Å². The maximum atomic E-state index is 2.37. The Morgan fingerprint density at radius 3 is 1.89 bits per heavy atom. The van der Waals surface area contributed by atoms with Gasteiger partial charge in [0.25, 0.3) is 5.82 Å². The van der Waals surface area contributed by atoms with E-state index < -0.39 is 0 Å². The van der Waals surface area contributed by atoms with E-state index in [1.54, 1.807) is 0 Å². The summed E-state index contributed by atoms with van der Waals surface area (Å²) in [6, 6.07) is 0. The first-order chi connectivity index (χ1) is 9.25. The van der Waals surface area contributed by atoms with Gasteiger partial charge in [-0.15, -0.1) is 0 Å². The van der Waals surface area contributed by atoms with Gasteiger partial charge in [-0.25, -0.2) is 9.13 Å². The van der Waals surface area contributed by atoms with Gasteiger partial charge in [0.1, 0.15) is 12.4 Å². The van der Waals surface area contributed by atoms with Gasteiger partial charge in [0.15, 0.2) is 0 Å². The van der Waals surface area contributed by atoms with Crippen molar-refractivity contribution < 1.29 is 4.57 Å². The summed E-state index contributed by atoms with van der Waals surface area (Å²) in [5.74, 6) is 1.36. The Morgan fingerprint density at radius 1 is 0.895 bits per heavy atom. The van der Waals surface area contributed by atoms with Crippen molar-refractivity contribution in [3.8, 4) is 0 Å². The van der Waals surface area contributed by atoms with Crippen LogP contribution in [-0.2, 0) is 13.6 Å². The Bertz CT molecular complexity index is 328. The van der Waals surface area contributed by atoms with Crippen LogP contribution in [0, 0.1) is 6.92 Å². The summed E-state index contributed by atoms with van der Waals surface area (Å²) < 4.78 is 4.56. The molecule has 0 fully saturated rings. The SMILES string of the molecule is CCCCCCCCCCCC[n+]1ccn(C)c1C. The van der Waals surface area contributed by atoms with Crippen LogP contribution in [0.1, 0.15) is 77.0 Å². The molecule has 1 aromatic heterocycles. The summed E-state index contributed by atoms with van der Waals surface area (Å²) >= 11 is 0. The quantitative estimate of drug-likeness (QED) is 0.410. The molecule has 2 nitrogen and oxygen atoms in total. The van der Waals surface area contributed by atoms with E-state index >= 15 is 0 Å². The van der Waals surface area contributed by atoms with E-state index in [-0.39, 0.29) is 0 Å². The summed E-state index contributed by atoms with van der Waals surface area (Å²) in [6.07, 6.45) is 18.5. The van der Waals surface area contributed by atoms with E-state index in [0.717, 1.165) is 0 Å². The lowest BCUT2D eigenvalue weighted by atomic mass is 10.1. The van der Waals surface area contributed by atoms with Crippen molar-refractivity contribution in [2.75, 3.05) is 0 Å². The van der Waals surface area contributed by atoms with E-state index in [4.69, 9.17) is 0 Å². The molecule has 0 amide bonds. The molecule has 0 bridgehead atoms. The van der Waals surface area contributed by atoms with Crippen LogP contribution in [-0.4, -0.2) is 4.57 Å². The number of rotatable bonds is 11. The molecule has 1 heterocycles. The normalized spacial score (nSPS) is 11.1. The third kappa shape index (κ3) is 6.79. The fourth-order valence-electron chi connectivity index (χ4n) is 2.60. The van der Waals surface area contributed by atoms with Gasteiger partial charge in [-0.1, -0.05) is 58.3 Å². The molecule has 0 saturated heterocycles. The zero-order valence-electron chi connectivity index (χ0n) is 13.3. The molecule has 0 saturated carbocycles. The highest BCUT2D eigenvalue weighted by Crippen LogP contribution is 2.10. The van der Waals surface area contributed by atoms with Gasteiger partial charge < -0.3 is 0 Å². The highest BCUT2D eigenvalue weighted by atomic mass is 15.1. The average Bonchev–Trinajstić information content (AvgIpc) is 2.73. The van der Waals surface area contributed by atoms with E-state index in [0.29, 0.717) is 0 Å². The smallest absolute Gasteiger partial charge is 0.237 e. The lowest BCUT2D eigenvalue weighted by Gasteiger charge is -2.02. The van der Waals surface area contributed by atoms with Crippen LogP contribution in [0.2, 0.25) is 0 Å². The van der Waals surface area contributed by atoms with Gasteiger partial charge in [-0.3, -0.25) is 0 Å². The number of aryl methyl sites for hydroxylation is 2. The van der Waals surface area contributed by atoms with Crippen LogP contribution in [0.3, 0.4) is 0 Å². The second kappa shape index (κ2) is 10.1. The van der Waals surface area contributed by atoms with E-state index in [9.17, 15) is 0 Å². The minimum atomic E-state index is 1.18. The number of aromatic nitrogens is 2. The number of hydrogen-bond acceptors (Lipinski definition) is 0. The number of nitrogens with zero attached hydrogens (tertiary/aromatic N) is 2. The summed E-state index contributed by atoms with van der Waals surface area (Å²) in [5.41, 5.74) is 0. The van der Waals surface area contributed by atoms with Crippen LogP contribution >= 0.6 is 0 Å². The molecule has 0 spiro atoms. The van der Waals surface area contributed by atoms with Gasteiger partial charge in [0.2, 0.25) is 0 Å². The minimum absolute atomic E-state index is 1.18. The standard InChI is InChI=1S/C17H33N2/c1-4-5-6-7-8-9-10-11-12-13-14-19-16-15-18(3)17(19)2/h15-16H,4-14H2,1-3H3/q+1. The number of unbranched alkanes of at least 4 members (excludes halogenated alkanes) is 9. The molecule has 0 radical (unpaired) electrons. The maximum absolute atomic E-state index is 2.37. The Kier molecular flexibility index (Phi) is 8.61. The van der Waals surface area contributed by atoms with Crippen molar-refractivity contribution in [3.05, 3.63) is 18.2 Å². The average molecular weight is 265 g/mol. The third-order valence-corrected chi connectivity index (χ3v) is 4.15. The molecule has 2 heteroatoms. The molecule has 0 unspecified atom stereocenters. The van der Waals surface area contributed by atoms with Crippen LogP contribution < -0.4 is 4.57 Å². The van der Waals surface area contributed by atoms with E-state index in [1.165, 1.54) is 76.6 Å². The molecule has 0 atom stereocenters. The minimum Gasteiger partial charge on any atom is -0.237 e. The summed E-state index contributed by atoms with van der Waals surface area (Å²) in [7, 11) is 2.12. The van der Waals surface area contributed by atoms with Crippen LogP contribution in [0.15, 0.2) is 12.4 Å². The molecule has 19 heavy (non-hydrogen) atoms. The zero-order valence-corrected chi connectivity index (χ0v) is 13.3. The van der Waals surface area contributed by atoms with Crippen molar-refractivity contribution in [2.45, 2.75) is 84.6 Å². The molecule has 1 rings (SSSR count). The molecular weight excluding hydrogens is 232 g/mol.